The van der Waals surface area contributed by atoms with Gasteiger partial charge in [-0.1, -0.05) is 57.3 Å². The highest BCUT2D eigenvalue weighted by molar-refractivity contribution is 9.10. The minimum absolute atomic E-state index is 0.301. The van der Waals surface area contributed by atoms with Crippen LogP contribution in [-0.2, 0) is 0 Å². The smallest absolute Gasteiger partial charge is 0.129 e. The maximum atomic E-state index is 14.1. The highest BCUT2D eigenvalue weighted by Crippen LogP contribution is 2.36. The van der Waals surface area contributed by atoms with Crippen molar-refractivity contribution in [3.05, 3.63) is 67.9 Å². The molecule has 100 valence electrons. The van der Waals surface area contributed by atoms with E-state index in [4.69, 9.17) is 23.2 Å². The fourth-order valence-electron chi connectivity index (χ4n) is 1.99. The Bertz CT molecular complexity index is 584. The number of rotatable bonds is 3. The van der Waals surface area contributed by atoms with Crippen molar-refractivity contribution in [2.45, 2.75) is 6.04 Å². The molecule has 0 radical (unpaired) electrons. The Morgan fingerprint density at radius 2 is 1.84 bits per heavy atom. The van der Waals surface area contributed by atoms with E-state index in [1.54, 1.807) is 31.3 Å². The van der Waals surface area contributed by atoms with Crippen LogP contribution in [0.1, 0.15) is 17.2 Å². The van der Waals surface area contributed by atoms with Gasteiger partial charge in [-0.2, -0.15) is 0 Å². The van der Waals surface area contributed by atoms with Crippen LogP contribution in [0.3, 0.4) is 0 Å². The third-order valence-electron chi connectivity index (χ3n) is 2.87. The summed E-state index contributed by atoms with van der Waals surface area (Å²) >= 11 is 15.6. The molecule has 0 bridgehead atoms. The van der Waals surface area contributed by atoms with Gasteiger partial charge in [-0.05, 0) is 30.8 Å². The lowest BCUT2D eigenvalue weighted by molar-refractivity contribution is 0.574. The van der Waals surface area contributed by atoms with Crippen molar-refractivity contribution < 1.29 is 4.39 Å². The summed E-state index contributed by atoms with van der Waals surface area (Å²) in [7, 11) is 1.75. The lowest BCUT2D eigenvalue weighted by Crippen LogP contribution is -2.20. The fraction of sp³-hybridized carbons (Fsp3) is 0.143. The highest BCUT2D eigenvalue weighted by Gasteiger charge is 2.22. The van der Waals surface area contributed by atoms with Crippen LogP contribution < -0.4 is 5.32 Å². The summed E-state index contributed by atoms with van der Waals surface area (Å²) in [4.78, 5) is 0. The zero-order valence-corrected chi connectivity index (χ0v) is 13.2. The quantitative estimate of drug-likeness (QED) is 0.790. The monoisotopic (exact) mass is 361 g/mol. The van der Waals surface area contributed by atoms with E-state index in [9.17, 15) is 4.39 Å². The van der Waals surface area contributed by atoms with Crippen molar-refractivity contribution in [1.29, 1.82) is 0 Å². The summed E-state index contributed by atoms with van der Waals surface area (Å²) in [5.74, 6) is -0.301. The largest absolute Gasteiger partial charge is 0.309 e. The van der Waals surface area contributed by atoms with Gasteiger partial charge in [0.05, 0.1) is 16.1 Å². The topological polar surface area (TPSA) is 12.0 Å². The SMILES string of the molecule is CNC(c1cccc(Cl)c1Cl)c1c(F)cccc1Br. The molecule has 2 aromatic carbocycles. The van der Waals surface area contributed by atoms with Crippen LogP contribution >= 0.6 is 39.1 Å². The van der Waals surface area contributed by atoms with Gasteiger partial charge in [0.2, 0.25) is 0 Å². The Labute approximate surface area is 129 Å². The molecule has 0 aliphatic heterocycles. The standard InChI is InChI=1S/C14H11BrCl2FN/c1-19-14(8-4-2-6-10(16)13(8)17)12-9(15)5-3-7-11(12)18/h2-7,14,19H,1H3. The molecule has 0 heterocycles. The molecule has 0 amide bonds. The van der Waals surface area contributed by atoms with E-state index in [-0.39, 0.29) is 11.9 Å². The van der Waals surface area contributed by atoms with Crippen LogP contribution in [0.25, 0.3) is 0 Å². The third kappa shape index (κ3) is 2.95. The first-order chi connectivity index (χ1) is 9.06. The molecule has 2 aromatic rings. The van der Waals surface area contributed by atoms with Gasteiger partial charge in [0.15, 0.2) is 0 Å². The molecule has 0 aliphatic carbocycles. The molecule has 0 saturated carbocycles. The Hall–Kier alpha value is -0.610. The minimum atomic E-state index is -0.373. The van der Waals surface area contributed by atoms with Gasteiger partial charge >= 0.3 is 0 Å². The Morgan fingerprint density at radius 1 is 1.16 bits per heavy atom. The first kappa shape index (κ1) is 14.8. The predicted octanol–water partition coefficient (Wildman–Crippen LogP) is 5.20. The van der Waals surface area contributed by atoms with E-state index in [0.29, 0.717) is 20.1 Å². The Morgan fingerprint density at radius 3 is 2.47 bits per heavy atom. The van der Waals surface area contributed by atoms with Crippen LogP contribution in [0.2, 0.25) is 10.0 Å². The predicted molar refractivity (Wildman–Crippen MR) is 81.5 cm³/mol. The molecule has 1 atom stereocenters. The highest BCUT2D eigenvalue weighted by atomic mass is 79.9. The average Bonchev–Trinajstić information content (AvgIpc) is 2.38. The number of halogens is 4. The summed E-state index contributed by atoms with van der Waals surface area (Å²) < 4.78 is 14.7. The molecule has 2 rings (SSSR count). The summed E-state index contributed by atoms with van der Waals surface area (Å²) in [6, 6.07) is 9.81. The van der Waals surface area contributed by atoms with Gasteiger partial charge in [-0.25, -0.2) is 4.39 Å². The van der Waals surface area contributed by atoms with Crippen molar-refractivity contribution >= 4 is 39.1 Å². The summed E-state index contributed by atoms with van der Waals surface area (Å²) in [5.41, 5.74) is 1.25. The van der Waals surface area contributed by atoms with E-state index in [2.05, 4.69) is 21.2 Å². The molecule has 0 aliphatic rings. The Kier molecular flexibility index (Phi) is 4.85. The van der Waals surface area contributed by atoms with Crippen molar-refractivity contribution in [3.63, 3.8) is 0 Å². The van der Waals surface area contributed by atoms with E-state index in [1.807, 2.05) is 6.07 Å². The van der Waals surface area contributed by atoms with Crippen LogP contribution in [-0.4, -0.2) is 7.05 Å². The molecule has 0 spiro atoms. The molecule has 0 aromatic heterocycles. The molecular formula is C14H11BrCl2FN. The normalized spacial score (nSPS) is 12.5. The second-order valence-corrected chi connectivity index (χ2v) is 5.64. The van der Waals surface area contributed by atoms with Crippen LogP contribution in [0.5, 0.6) is 0 Å². The van der Waals surface area contributed by atoms with Crippen molar-refractivity contribution in [3.8, 4) is 0 Å². The maximum Gasteiger partial charge on any atom is 0.129 e. The molecule has 0 saturated heterocycles. The van der Waals surface area contributed by atoms with E-state index in [1.165, 1.54) is 6.07 Å². The minimum Gasteiger partial charge on any atom is -0.309 e. The summed E-state index contributed by atoms with van der Waals surface area (Å²) in [6.07, 6.45) is 0. The Balaban J connectivity index is 2.60. The van der Waals surface area contributed by atoms with Crippen LogP contribution in [0.15, 0.2) is 40.9 Å². The van der Waals surface area contributed by atoms with Gasteiger partial charge in [-0.15, -0.1) is 0 Å². The van der Waals surface area contributed by atoms with E-state index in [0.717, 1.165) is 5.56 Å². The molecule has 1 nitrogen and oxygen atoms in total. The molecule has 0 fully saturated rings. The third-order valence-corrected chi connectivity index (χ3v) is 4.39. The first-order valence-electron chi connectivity index (χ1n) is 5.61. The van der Waals surface area contributed by atoms with E-state index >= 15 is 0 Å². The zero-order chi connectivity index (χ0) is 14.0. The lowest BCUT2D eigenvalue weighted by atomic mass is 9.98. The van der Waals surface area contributed by atoms with E-state index < -0.39 is 0 Å². The molecular weight excluding hydrogens is 352 g/mol. The van der Waals surface area contributed by atoms with Gasteiger partial charge in [0.1, 0.15) is 5.82 Å². The van der Waals surface area contributed by atoms with Crippen molar-refractivity contribution in [1.82, 2.24) is 5.32 Å². The number of benzene rings is 2. The second kappa shape index (κ2) is 6.23. The first-order valence-corrected chi connectivity index (χ1v) is 7.16. The lowest BCUT2D eigenvalue weighted by Gasteiger charge is -2.21. The van der Waals surface area contributed by atoms with Gasteiger partial charge < -0.3 is 5.32 Å². The van der Waals surface area contributed by atoms with Crippen molar-refractivity contribution in [2.75, 3.05) is 7.05 Å². The van der Waals surface area contributed by atoms with Crippen LogP contribution in [0.4, 0.5) is 4.39 Å². The fourth-order valence-corrected chi connectivity index (χ4v) is 2.97. The summed E-state index contributed by atoms with van der Waals surface area (Å²) in [5, 5.41) is 3.95. The summed E-state index contributed by atoms with van der Waals surface area (Å²) in [6.45, 7) is 0. The average molecular weight is 363 g/mol. The van der Waals surface area contributed by atoms with Crippen molar-refractivity contribution in [2.24, 2.45) is 0 Å². The molecule has 19 heavy (non-hydrogen) atoms. The van der Waals surface area contributed by atoms with Crippen LogP contribution in [0, 0.1) is 5.82 Å². The molecule has 5 heteroatoms. The van der Waals surface area contributed by atoms with Gasteiger partial charge in [0, 0.05) is 10.0 Å². The number of nitrogens with one attached hydrogen (secondary N) is 1. The molecule has 1 unspecified atom stereocenters. The second-order valence-electron chi connectivity index (χ2n) is 4.00. The zero-order valence-electron chi connectivity index (χ0n) is 10.1. The molecule has 1 N–H and O–H groups in total. The number of hydrogen-bond acceptors (Lipinski definition) is 1. The van der Waals surface area contributed by atoms with Gasteiger partial charge in [-0.3, -0.25) is 0 Å². The maximum absolute atomic E-state index is 14.1. The number of hydrogen-bond donors (Lipinski definition) is 1. The van der Waals surface area contributed by atoms with Gasteiger partial charge in [0.25, 0.3) is 0 Å².